The van der Waals surface area contributed by atoms with Gasteiger partial charge >= 0.3 is 0 Å². The Morgan fingerprint density at radius 2 is 2.06 bits per heavy atom. The predicted molar refractivity (Wildman–Crippen MR) is 135 cm³/mol. The molecule has 0 fully saturated rings. The van der Waals surface area contributed by atoms with Gasteiger partial charge in [-0.1, -0.05) is 26.0 Å². The number of ether oxygens (including phenoxy) is 1. The molecule has 172 valence electrons. The topological polar surface area (TPSA) is 75.3 Å². The van der Waals surface area contributed by atoms with Crippen molar-refractivity contribution in [2.45, 2.75) is 51.6 Å². The summed E-state index contributed by atoms with van der Waals surface area (Å²) in [6, 6.07) is 9.02. The van der Waals surface area contributed by atoms with E-state index in [1.807, 2.05) is 6.07 Å². The third-order valence-corrected chi connectivity index (χ3v) is 8.23. The number of amides is 1. The lowest BCUT2D eigenvalue weighted by molar-refractivity contribution is -0.116. The Bertz CT molecular complexity index is 1030. The van der Waals surface area contributed by atoms with Gasteiger partial charge in [0.25, 0.3) is 0 Å². The van der Waals surface area contributed by atoms with Crippen molar-refractivity contribution in [3.63, 3.8) is 0 Å². The van der Waals surface area contributed by atoms with Crippen LogP contribution in [0.3, 0.4) is 0 Å². The van der Waals surface area contributed by atoms with Gasteiger partial charge in [0.15, 0.2) is 0 Å². The lowest BCUT2D eigenvalue weighted by atomic mass is 9.92. The molecule has 6 nitrogen and oxygen atoms in total. The van der Waals surface area contributed by atoms with Crippen molar-refractivity contribution in [3.8, 4) is 10.6 Å². The normalized spacial score (nSPS) is 18.1. The Hall–Kier alpha value is -1.84. The van der Waals surface area contributed by atoms with Gasteiger partial charge in [0, 0.05) is 49.1 Å². The van der Waals surface area contributed by atoms with Crippen LogP contribution in [-0.2, 0) is 16.0 Å². The Morgan fingerprint density at radius 1 is 1.22 bits per heavy atom. The predicted octanol–water partition coefficient (Wildman–Crippen LogP) is 4.96. The first kappa shape index (κ1) is 23.3. The van der Waals surface area contributed by atoms with Crippen molar-refractivity contribution in [2.24, 2.45) is 0 Å². The van der Waals surface area contributed by atoms with Crippen molar-refractivity contribution >= 4 is 43.8 Å². The van der Waals surface area contributed by atoms with Crippen LogP contribution in [0.5, 0.6) is 0 Å². The molecule has 4 rings (SSSR count). The summed E-state index contributed by atoms with van der Waals surface area (Å²) in [6.07, 6.45) is 3.51. The minimum Gasteiger partial charge on any atom is -0.383 e. The fraction of sp³-hybridized carbons (Fsp3) is 0.500. The number of fused-ring (bicyclic) bond motifs is 2. The highest BCUT2D eigenvalue weighted by molar-refractivity contribution is 7.23. The fourth-order valence-corrected chi connectivity index (χ4v) is 6.68. The second-order valence-electron chi connectivity index (χ2n) is 8.11. The first-order chi connectivity index (χ1) is 15.6. The molecule has 2 atom stereocenters. The molecule has 0 saturated carbocycles. The third kappa shape index (κ3) is 5.05. The molecule has 1 aliphatic rings. The number of nitrogens with one attached hydrogen (secondary N) is 3. The lowest BCUT2D eigenvalue weighted by Crippen LogP contribution is -2.38. The summed E-state index contributed by atoms with van der Waals surface area (Å²) in [6.45, 7) is 6.48. The molecule has 0 radical (unpaired) electrons. The molecule has 0 saturated heterocycles. The number of nitrogens with zero attached hydrogens (tertiary/aromatic N) is 1. The first-order valence-corrected chi connectivity index (χ1v) is 13.0. The van der Waals surface area contributed by atoms with Crippen LogP contribution in [-0.4, -0.2) is 43.7 Å². The monoisotopic (exact) mass is 472 g/mol. The molecule has 32 heavy (non-hydrogen) atoms. The number of thiophene rings is 1. The summed E-state index contributed by atoms with van der Waals surface area (Å²) in [5.41, 5.74) is 3.51. The van der Waals surface area contributed by atoms with E-state index >= 15 is 0 Å². The number of methoxy groups -OCH3 is 1. The number of hydrogen-bond donors (Lipinski definition) is 3. The number of anilines is 1. The Kier molecular flexibility index (Phi) is 7.91. The molecule has 3 aromatic rings. The fourth-order valence-electron chi connectivity index (χ4n) is 4.18. The molecule has 8 heteroatoms. The molecular formula is C24H32N4O2S2. The van der Waals surface area contributed by atoms with Crippen LogP contribution in [0.4, 0.5) is 5.00 Å². The van der Waals surface area contributed by atoms with E-state index in [0.717, 1.165) is 46.9 Å². The van der Waals surface area contributed by atoms with E-state index in [4.69, 9.17) is 9.72 Å². The number of rotatable bonds is 10. The highest BCUT2D eigenvalue weighted by Gasteiger charge is 2.32. The molecule has 1 aliphatic heterocycles. The van der Waals surface area contributed by atoms with Gasteiger partial charge in [-0.25, -0.2) is 4.98 Å². The zero-order valence-electron chi connectivity index (χ0n) is 19.0. The van der Waals surface area contributed by atoms with Crippen molar-refractivity contribution in [2.75, 3.05) is 32.1 Å². The van der Waals surface area contributed by atoms with Gasteiger partial charge in [-0.3, -0.25) is 4.79 Å². The highest BCUT2D eigenvalue weighted by atomic mass is 32.1. The molecule has 3 heterocycles. The first-order valence-electron chi connectivity index (χ1n) is 11.4. The summed E-state index contributed by atoms with van der Waals surface area (Å²) >= 11 is 3.43. The van der Waals surface area contributed by atoms with E-state index in [2.05, 4.69) is 48.0 Å². The van der Waals surface area contributed by atoms with Crippen LogP contribution in [0.1, 0.15) is 49.6 Å². The second-order valence-corrected chi connectivity index (χ2v) is 10.2. The standard InChI is InChI=1S/C24H32N4O2S2/c1-4-15-14-16-21(23-27-18-8-6-7-9-19(18)31-23)24(32-22(16)17(5-2)26-15)28-20(29)10-11-25-12-13-30-3/h6-9,15,17,25-26H,4-5,10-14H2,1-3H3,(H,28,29)/t15-,17+/m1/s1. The van der Waals surface area contributed by atoms with E-state index in [0.29, 0.717) is 31.7 Å². The Labute approximate surface area is 197 Å². The van der Waals surface area contributed by atoms with Gasteiger partial charge in [0.2, 0.25) is 5.91 Å². The number of hydrogen-bond acceptors (Lipinski definition) is 7. The zero-order chi connectivity index (χ0) is 22.5. The molecule has 2 aromatic heterocycles. The maximum atomic E-state index is 12.8. The van der Waals surface area contributed by atoms with Gasteiger partial charge in [0.05, 0.1) is 16.8 Å². The van der Waals surface area contributed by atoms with Crippen molar-refractivity contribution in [1.82, 2.24) is 15.6 Å². The SMILES string of the molecule is CC[C@@H]1Cc2c(sc(NC(=O)CCNCCOC)c2-c2nc3ccccc3s2)[C@H](CC)N1. The van der Waals surface area contributed by atoms with Gasteiger partial charge < -0.3 is 20.7 Å². The van der Waals surface area contributed by atoms with E-state index < -0.39 is 0 Å². The minimum absolute atomic E-state index is 0.0314. The maximum Gasteiger partial charge on any atom is 0.226 e. The molecule has 3 N–H and O–H groups in total. The Balaban J connectivity index is 1.66. The largest absolute Gasteiger partial charge is 0.383 e. The molecule has 0 unspecified atom stereocenters. The van der Waals surface area contributed by atoms with Crippen LogP contribution in [0.2, 0.25) is 0 Å². The smallest absolute Gasteiger partial charge is 0.226 e. The molecule has 1 amide bonds. The van der Waals surface area contributed by atoms with Crippen LogP contribution < -0.4 is 16.0 Å². The molecule has 1 aromatic carbocycles. The quantitative estimate of drug-likeness (QED) is 0.364. The number of benzene rings is 1. The zero-order valence-corrected chi connectivity index (χ0v) is 20.6. The molecule has 0 bridgehead atoms. The van der Waals surface area contributed by atoms with Crippen LogP contribution >= 0.6 is 22.7 Å². The summed E-state index contributed by atoms with van der Waals surface area (Å²) in [5.74, 6) is 0.0314. The molecule has 0 spiro atoms. The van der Waals surface area contributed by atoms with E-state index in [9.17, 15) is 4.79 Å². The maximum absolute atomic E-state index is 12.8. The van der Waals surface area contributed by atoms with Gasteiger partial charge in [-0.15, -0.1) is 22.7 Å². The third-order valence-electron chi connectivity index (χ3n) is 5.92. The summed E-state index contributed by atoms with van der Waals surface area (Å²) in [4.78, 5) is 19.1. The van der Waals surface area contributed by atoms with E-state index in [-0.39, 0.29) is 5.91 Å². The number of carbonyl (C=O) groups is 1. The van der Waals surface area contributed by atoms with Crippen LogP contribution in [0.25, 0.3) is 20.8 Å². The van der Waals surface area contributed by atoms with Crippen molar-refractivity contribution < 1.29 is 9.53 Å². The average Bonchev–Trinajstić information content (AvgIpc) is 3.38. The highest BCUT2D eigenvalue weighted by Crippen LogP contribution is 2.48. The average molecular weight is 473 g/mol. The van der Waals surface area contributed by atoms with Crippen molar-refractivity contribution in [1.29, 1.82) is 0 Å². The Morgan fingerprint density at radius 3 is 2.81 bits per heavy atom. The summed E-state index contributed by atoms with van der Waals surface area (Å²) in [7, 11) is 1.68. The van der Waals surface area contributed by atoms with E-state index in [1.165, 1.54) is 15.1 Å². The number of carbonyl (C=O) groups excluding carboxylic acids is 1. The number of aromatic nitrogens is 1. The van der Waals surface area contributed by atoms with Gasteiger partial charge in [-0.2, -0.15) is 0 Å². The summed E-state index contributed by atoms with van der Waals surface area (Å²) < 4.78 is 6.22. The molecular weight excluding hydrogens is 440 g/mol. The summed E-state index contributed by atoms with van der Waals surface area (Å²) in [5, 5.41) is 12.2. The number of para-hydroxylation sites is 1. The number of thiazole rings is 1. The second kappa shape index (κ2) is 10.9. The van der Waals surface area contributed by atoms with Crippen molar-refractivity contribution in [3.05, 3.63) is 34.7 Å². The van der Waals surface area contributed by atoms with Gasteiger partial charge in [-0.05, 0) is 37.0 Å². The van der Waals surface area contributed by atoms with E-state index in [1.54, 1.807) is 29.8 Å². The molecule has 0 aliphatic carbocycles. The lowest BCUT2D eigenvalue weighted by Gasteiger charge is -2.30. The van der Waals surface area contributed by atoms with Crippen LogP contribution in [0, 0.1) is 0 Å². The van der Waals surface area contributed by atoms with Gasteiger partial charge in [0.1, 0.15) is 10.0 Å². The minimum atomic E-state index is 0.0314. The van der Waals surface area contributed by atoms with Crippen LogP contribution in [0.15, 0.2) is 24.3 Å².